The molecule has 0 aliphatic carbocycles. The van der Waals surface area contributed by atoms with Crippen LogP contribution in [0.15, 0.2) is 27.8 Å². The average molecular weight is 309 g/mol. The lowest BCUT2D eigenvalue weighted by atomic mass is 9.91. The van der Waals surface area contributed by atoms with Crippen molar-refractivity contribution in [3.8, 4) is 0 Å². The van der Waals surface area contributed by atoms with Gasteiger partial charge in [0.15, 0.2) is 0 Å². The van der Waals surface area contributed by atoms with E-state index in [1.165, 1.54) is 0 Å². The van der Waals surface area contributed by atoms with Gasteiger partial charge in [-0.2, -0.15) is 0 Å². The van der Waals surface area contributed by atoms with Gasteiger partial charge in [0, 0.05) is 12.5 Å². The maximum absolute atomic E-state index is 11.4. The molecule has 1 aromatic carbocycles. The minimum atomic E-state index is -0.651. The molecule has 2 aromatic rings. The van der Waals surface area contributed by atoms with Gasteiger partial charge in [0.05, 0.1) is 22.5 Å². The number of ether oxygens (including phenoxy) is 1. The van der Waals surface area contributed by atoms with Gasteiger partial charge in [0.25, 0.3) is 0 Å². The number of halogens is 1. The van der Waals surface area contributed by atoms with Crippen molar-refractivity contribution in [1.82, 2.24) is 9.97 Å². The number of rotatable bonds is 3. The number of aromatic amines is 2. The van der Waals surface area contributed by atoms with Crippen molar-refractivity contribution in [3.05, 3.63) is 44.5 Å². The lowest BCUT2D eigenvalue weighted by Crippen LogP contribution is -2.29. The Balaban J connectivity index is 1.98. The summed E-state index contributed by atoms with van der Waals surface area (Å²) in [5.74, 6) is 0.267. The van der Waals surface area contributed by atoms with Crippen molar-refractivity contribution in [3.63, 3.8) is 0 Å². The standard InChI is InChI=1S/C15H17ClN2O3/c1-2-12-9(5-6-21-12)13(16)8-3-4-10-11(7-8)18-15(20)14(19)17-10/h3-4,7,9,12-13H,2,5-6H2,1H3,(H,17,19)(H,18,20). The molecule has 1 aliphatic rings. The third-order valence-corrected chi connectivity index (χ3v) is 4.68. The number of fused-ring (bicyclic) bond motifs is 1. The molecule has 6 heteroatoms. The van der Waals surface area contributed by atoms with Crippen molar-refractivity contribution in [2.24, 2.45) is 5.92 Å². The van der Waals surface area contributed by atoms with Crippen LogP contribution >= 0.6 is 11.6 Å². The highest BCUT2D eigenvalue weighted by Gasteiger charge is 2.33. The molecule has 2 N–H and O–H groups in total. The van der Waals surface area contributed by atoms with E-state index >= 15 is 0 Å². The molecular formula is C15H17ClN2O3. The predicted molar refractivity (Wildman–Crippen MR) is 81.9 cm³/mol. The third-order valence-electron chi connectivity index (χ3n) is 4.10. The molecule has 0 radical (unpaired) electrons. The summed E-state index contributed by atoms with van der Waals surface area (Å²) in [6.45, 7) is 2.83. The van der Waals surface area contributed by atoms with Gasteiger partial charge in [0.1, 0.15) is 0 Å². The first-order chi connectivity index (χ1) is 10.1. The molecule has 1 fully saturated rings. The zero-order valence-corrected chi connectivity index (χ0v) is 12.4. The van der Waals surface area contributed by atoms with Crippen molar-refractivity contribution in [1.29, 1.82) is 0 Å². The fraction of sp³-hybridized carbons (Fsp3) is 0.467. The van der Waals surface area contributed by atoms with Gasteiger partial charge in [-0.15, -0.1) is 11.6 Å². The normalized spacial score (nSPS) is 23.5. The van der Waals surface area contributed by atoms with Crippen LogP contribution in [-0.2, 0) is 4.74 Å². The Labute approximate surface area is 126 Å². The van der Waals surface area contributed by atoms with Gasteiger partial charge in [-0.25, -0.2) is 0 Å². The molecule has 1 saturated heterocycles. The highest BCUT2D eigenvalue weighted by molar-refractivity contribution is 6.21. The summed E-state index contributed by atoms with van der Waals surface area (Å²) in [6, 6.07) is 5.49. The zero-order valence-electron chi connectivity index (χ0n) is 11.7. The lowest BCUT2D eigenvalue weighted by molar-refractivity contribution is 0.0864. The number of hydrogen-bond donors (Lipinski definition) is 2. The van der Waals surface area contributed by atoms with E-state index in [1.54, 1.807) is 6.07 Å². The molecule has 3 unspecified atom stereocenters. The maximum atomic E-state index is 11.4. The van der Waals surface area contributed by atoms with E-state index in [4.69, 9.17) is 16.3 Å². The first-order valence-corrected chi connectivity index (χ1v) is 7.55. The third kappa shape index (κ3) is 2.63. The Morgan fingerprint density at radius 3 is 2.71 bits per heavy atom. The largest absolute Gasteiger partial charge is 0.378 e. The van der Waals surface area contributed by atoms with Crippen LogP contribution < -0.4 is 11.1 Å². The van der Waals surface area contributed by atoms with Crippen molar-refractivity contribution in [2.45, 2.75) is 31.2 Å². The fourth-order valence-corrected chi connectivity index (χ4v) is 3.40. The summed E-state index contributed by atoms with van der Waals surface area (Å²) in [5.41, 5.74) is 0.826. The van der Waals surface area contributed by atoms with E-state index < -0.39 is 11.1 Å². The number of aromatic nitrogens is 2. The minimum absolute atomic E-state index is 0.169. The van der Waals surface area contributed by atoms with Gasteiger partial charge in [-0.3, -0.25) is 9.59 Å². The predicted octanol–water partition coefficient (Wildman–Crippen LogP) is 2.31. The zero-order chi connectivity index (χ0) is 15.0. The van der Waals surface area contributed by atoms with E-state index in [9.17, 15) is 9.59 Å². The minimum Gasteiger partial charge on any atom is -0.378 e. The summed E-state index contributed by atoms with van der Waals surface area (Å²) in [7, 11) is 0. The van der Waals surface area contributed by atoms with E-state index in [-0.39, 0.29) is 17.4 Å². The second-order valence-corrected chi connectivity index (χ2v) is 5.86. The van der Waals surface area contributed by atoms with E-state index in [0.717, 1.165) is 25.0 Å². The maximum Gasteiger partial charge on any atom is 0.314 e. The molecule has 21 heavy (non-hydrogen) atoms. The average Bonchev–Trinajstić information content (AvgIpc) is 2.95. The Kier molecular flexibility index (Phi) is 3.87. The number of nitrogens with one attached hydrogen (secondary N) is 2. The lowest BCUT2D eigenvalue weighted by Gasteiger charge is -2.22. The van der Waals surface area contributed by atoms with E-state index in [1.807, 2.05) is 12.1 Å². The molecule has 1 aromatic heterocycles. The SMILES string of the molecule is CCC1OCCC1C(Cl)c1ccc2[nH]c(=O)c(=O)[nH]c2c1. The molecule has 112 valence electrons. The molecule has 0 bridgehead atoms. The molecular weight excluding hydrogens is 292 g/mol. The smallest absolute Gasteiger partial charge is 0.314 e. The second kappa shape index (κ2) is 5.66. The van der Waals surface area contributed by atoms with Crippen LogP contribution in [0.1, 0.15) is 30.7 Å². The van der Waals surface area contributed by atoms with Crippen LogP contribution in [0.5, 0.6) is 0 Å². The summed E-state index contributed by atoms with van der Waals surface area (Å²) < 4.78 is 5.69. The fourth-order valence-electron chi connectivity index (χ4n) is 2.97. The second-order valence-electron chi connectivity index (χ2n) is 5.39. The van der Waals surface area contributed by atoms with Crippen LogP contribution in [0.3, 0.4) is 0 Å². The molecule has 2 heterocycles. The van der Waals surface area contributed by atoms with Crippen LogP contribution in [0.4, 0.5) is 0 Å². The van der Waals surface area contributed by atoms with Crippen molar-refractivity contribution in [2.75, 3.05) is 6.61 Å². The van der Waals surface area contributed by atoms with E-state index in [0.29, 0.717) is 11.0 Å². The first kappa shape index (κ1) is 14.4. The van der Waals surface area contributed by atoms with Crippen LogP contribution in [0, 0.1) is 5.92 Å². The van der Waals surface area contributed by atoms with Gasteiger partial charge >= 0.3 is 11.1 Å². The van der Waals surface area contributed by atoms with Crippen LogP contribution in [0.25, 0.3) is 11.0 Å². The molecule has 0 amide bonds. The first-order valence-electron chi connectivity index (χ1n) is 7.12. The summed E-state index contributed by atoms with van der Waals surface area (Å²) in [5, 5.41) is -0.169. The Morgan fingerprint density at radius 1 is 1.29 bits per heavy atom. The number of H-pyrrole nitrogens is 2. The van der Waals surface area contributed by atoms with Gasteiger partial charge in [-0.05, 0) is 30.5 Å². The molecule has 3 atom stereocenters. The quantitative estimate of drug-likeness (QED) is 0.675. The van der Waals surface area contributed by atoms with Crippen LogP contribution in [-0.4, -0.2) is 22.7 Å². The highest BCUT2D eigenvalue weighted by Crippen LogP contribution is 2.39. The summed E-state index contributed by atoms with van der Waals surface area (Å²) in [6.07, 6.45) is 2.05. The Hall–Kier alpha value is -1.59. The molecule has 0 saturated carbocycles. The number of alkyl halides is 1. The highest BCUT2D eigenvalue weighted by atomic mass is 35.5. The van der Waals surface area contributed by atoms with Gasteiger partial charge in [-0.1, -0.05) is 13.0 Å². The van der Waals surface area contributed by atoms with Crippen LogP contribution in [0.2, 0.25) is 0 Å². The topological polar surface area (TPSA) is 75.0 Å². The van der Waals surface area contributed by atoms with Gasteiger partial charge < -0.3 is 14.7 Å². The number of benzene rings is 1. The number of hydrogen-bond acceptors (Lipinski definition) is 3. The molecule has 0 spiro atoms. The van der Waals surface area contributed by atoms with E-state index in [2.05, 4.69) is 16.9 Å². The molecule has 5 nitrogen and oxygen atoms in total. The van der Waals surface area contributed by atoms with Crippen molar-refractivity contribution < 1.29 is 4.74 Å². The molecule has 3 rings (SSSR count). The molecule has 1 aliphatic heterocycles. The summed E-state index contributed by atoms with van der Waals surface area (Å²) >= 11 is 6.61. The Bertz CT molecular complexity index is 767. The van der Waals surface area contributed by atoms with Gasteiger partial charge in [0.2, 0.25) is 0 Å². The van der Waals surface area contributed by atoms with Crippen molar-refractivity contribution >= 4 is 22.6 Å². The monoisotopic (exact) mass is 308 g/mol. The Morgan fingerprint density at radius 2 is 2.00 bits per heavy atom. The summed E-state index contributed by atoms with van der Waals surface area (Å²) in [4.78, 5) is 27.8.